The Morgan fingerprint density at radius 3 is 2.27 bits per heavy atom. The van der Waals surface area contributed by atoms with E-state index in [0.717, 1.165) is 24.9 Å². The van der Waals surface area contributed by atoms with Crippen LogP contribution in [0.25, 0.3) is 11.1 Å². The molecule has 26 heavy (non-hydrogen) atoms. The second kappa shape index (κ2) is 6.85. The Kier molecular flexibility index (Phi) is 4.36. The van der Waals surface area contributed by atoms with Crippen molar-refractivity contribution < 1.29 is 4.74 Å². The van der Waals surface area contributed by atoms with E-state index in [1.807, 2.05) is 7.11 Å². The van der Waals surface area contributed by atoms with Crippen LogP contribution in [0.1, 0.15) is 91.0 Å². The van der Waals surface area contributed by atoms with Crippen molar-refractivity contribution in [1.29, 1.82) is 0 Å². The van der Waals surface area contributed by atoms with Crippen LogP contribution in [0.4, 0.5) is 0 Å². The molecule has 0 heterocycles. The van der Waals surface area contributed by atoms with Crippen molar-refractivity contribution in [2.24, 2.45) is 0 Å². The normalized spacial score (nSPS) is 19.9. The molecule has 1 nitrogen and oxygen atoms in total. The van der Waals surface area contributed by atoms with Crippen molar-refractivity contribution in [1.82, 2.24) is 0 Å². The molecule has 5 rings (SSSR count). The lowest BCUT2D eigenvalue weighted by molar-refractivity contribution is 0.183. The minimum absolute atomic E-state index is 0.753. The monoisotopic (exact) mass is 346 g/mol. The summed E-state index contributed by atoms with van der Waals surface area (Å²) in [5.41, 5.74) is 10.7. The Morgan fingerprint density at radius 1 is 0.846 bits per heavy atom. The molecule has 0 bridgehead atoms. The van der Waals surface area contributed by atoms with Crippen LogP contribution >= 0.6 is 0 Å². The van der Waals surface area contributed by atoms with Gasteiger partial charge < -0.3 is 4.74 Å². The lowest BCUT2D eigenvalue weighted by Gasteiger charge is -2.19. The maximum absolute atomic E-state index is 5.66. The van der Waals surface area contributed by atoms with E-state index in [-0.39, 0.29) is 0 Å². The average molecular weight is 347 g/mol. The van der Waals surface area contributed by atoms with Crippen LogP contribution in [-0.4, -0.2) is 7.11 Å². The quantitative estimate of drug-likeness (QED) is 0.509. The zero-order valence-corrected chi connectivity index (χ0v) is 16.0. The van der Waals surface area contributed by atoms with Gasteiger partial charge in [-0.25, -0.2) is 0 Å². The molecule has 0 radical (unpaired) electrons. The first-order valence-corrected chi connectivity index (χ1v) is 10.6. The maximum atomic E-state index is 5.66. The highest BCUT2D eigenvalue weighted by atomic mass is 16.5. The van der Waals surface area contributed by atoms with Gasteiger partial charge in [0, 0.05) is 7.11 Å². The minimum Gasteiger partial charge on any atom is -0.380 e. The summed E-state index contributed by atoms with van der Waals surface area (Å²) in [6, 6.07) is 12.2. The van der Waals surface area contributed by atoms with E-state index in [1.54, 1.807) is 22.3 Å². The first kappa shape index (κ1) is 16.6. The van der Waals surface area contributed by atoms with Gasteiger partial charge in [0.25, 0.3) is 0 Å². The molecular weight excluding hydrogens is 316 g/mol. The van der Waals surface area contributed by atoms with Crippen molar-refractivity contribution in [2.45, 2.75) is 76.2 Å². The van der Waals surface area contributed by atoms with Crippen LogP contribution in [0.15, 0.2) is 30.3 Å². The summed E-state index contributed by atoms with van der Waals surface area (Å²) in [5.74, 6) is 1.56. The lowest BCUT2D eigenvalue weighted by atomic mass is 9.88. The SMILES string of the molecule is COCc1c(C2CCCC2)ccc2c1Cc1cc(C3CCCC3)ccc1-2. The standard InChI is InChI=1S/C25H30O/c1-26-16-25-21(18-8-4-5-9-18)12-13-23-22-11-10-19(17-6-2-3-7-17)14-20(22)15-24(23)25/h10-14,17-18H,2-9,15-16H2,1H3. The maximum Gasteiger partial charge on any atom is 0.0718 e. The molecule has 3 aliphatic carbocycles. The summed E-state index contributed by atoms with van der Waals surface area (Å²) in [6.07, 6.45) is 12.2. The molecule has 136 valence electrons. The zero-order valence-electron chi connectivity index (χ0n) is 16.0. The smallest absolute Gasteiger partial charge is 0.0718 e. The molecule has 0 amide bonds. The molecule has 2 fully saturated rings. The van der Waals surface area contributed by atoms with Crippen LogP contribution in [0.2, 0.25) is 0 Å². The molecule has 0 saturated heterocycles. The van der Waals surface area contributed by atoms with Crippen molar-refractivity contribution in [2.75, 3.05) is 7.11 Å². The van der Waals surface area contributed by atoms with Crippen molar-refractivity contribution in [3.8, 4) is 11.1 Å². The molecule has 0 atom stereocenters. The molecule has 0 unspecified atom stereocenters. The van der Waals surface area contributed by atoms with E-state index in [9.17, 15) is 0 Å². The molecule has 3 aliphatic rings. The number of methoxy groups -OCH3 is 1. The van der Waals surface area contributed by atoms with Crippen LogP contribution in [0.3, 0.4) is 0 Å². The molecule has 2 aromatic carbocycles. The Hall–Kier alpha value is -1.60. The van der Waals surface area contributed by atoms with Gasteiger partial charge in [0.15, 0.2) is 0 Å². The largest absolute Gasteiger partial charge is 0.380 e. The van der Waals surface area contributed by atoms with Gasteiger partial charge in [-0.2, -0.15) is 0 Å². The number of fused-ring (bicyclic) bond motifs is 3. The van der Waals surface area contributed by atoms with Crippen LogP contribution in [-0.2, 0) is 17.8 Å². The zero-order chi connectivity index (χ0) is 17.5. The predicted octanol–water partition coefficient (Wildman–Crippen LogP) is 6.72. The Bertz CT molecular complexity index is 807. The van der Waals surface area contributed by atoms with Gasteiger partial charge >= 0.3 is 0 Å². The summed E-state index contributed by atoms with van der Waals surface area (Å²) >= 11 is 0. The third-order valence-corrected chi connectivity index (χ3v) is 7.16. The molecule has 0 spiro atoms. The van der Waals surface area contributed by atoms with E-state index in [4.69, 9.17) is 4.74 Å². The van der Waals surface area contributed by atoms with E-state index < -0.39 is 0 Å². The lowest BCUT2D eigenvalue weighted by Crippen LogP contribution is -2.04. The summed E-state index contributed by atoms with van der Waals surface area (Å²) < 4.78 is 5.66. The molecule has 0 aliphatic heterocycles. The van der Waals surface area contributed by atoms with Gasteiger partial charge in [-0.05, 0) is 82.9 Å². The van der Waals surface area contributed by atoms with Crippen molar-refractivity contribution in [3.05, 3.63) is 58.1 Å². The number of benzene rings is 2. The van der Waals surface area contributed by atoms with E-state index in [2.05, 4.69) is 30.3 Å². The first-order valence-electron chi connectivity index (χ1n) is 10.6. The molecular formula is C25H30O. The second-order valence-electron chi connectivity index (χ2n) is 8.65. The Labute approximate surface area is 157 Å². The predicted molar refractivity (Wildman–Crippen MR) is 108 cm³/mol. The molecule has 0 N–H and O–H groups in total. The van der Waals surface area contributed by atoms with E-state index >= 15 is 0 Å². The molecule has 1 heteroatoms. The van der Waals surface area contributed by atoms with E-state index in [1.165, 1.54) is 68.1 Å². The number of ether oxygens (including phenoxy) is 1. The van der Waals surface area contributed by atoms with Crippen molar-refractivity contribution >= 4 is 0 Å². The third kappa shape index (κ3) is 2.72. The highest BCUT2D eigenvalue weighted by Crippen LogP contribution is 2.45. The van der Waals surface area contributed by atoms with Gasteiger partial charge in [0.1, 0.15) is 0 Å². The Balaban J connectivity index is 1.54. The fourth-order valence-corrected chi connectivity index (χ4v) is 5.83. The highest BCUT2D eigenvalue weighted by molar-refractivity contribution is 5.79. The molecule has 2 saturated carbocycles. The highest BCUT2D eigenvalue weighted by Gasteiger charge is 2.28. The van der Waals surface area contributed by atoms with Gasteiger partial charge in [-0.15, -0.1) is 0 Å². The van der Waals surface area contributed by atoms with Crippen LogP contribution in [0.5, 0.6) is 0 Å². The number of hydrogen-bond donors (Lipinski definition) is 0. The number of hydrogen-bond acceptors (Lipinski definition) is 1. The fourth-order valence-electron chi connectivity index (χ4n) is 5.83. The summed E-state index contributed by atoms with van der Waals surface area (Å²) in [7, 11) is 1.85. The van der Waals surface area contributed by atoms with E-state index in [0.29, 0.717) is 0 Å². The summed E-state index contributed by atoms with van der Waals surface area (Å²) in [6.45, 7) is 0.762. The molecule has 0 aromatic heterocycles. The molecule has 2 aromatic rings. The summed E-state index contributed by atoms with van der Waals surface area (Å²) in [4.78, 5) is 0. The fraction of sp³-hybridized carbons (Fsp3) is 0.520. The third-order valence-electron chi connectivity index (χ3n) is 7.16. The second-order valence-corrected chi connectivity index (χ2v) is 8.65. The minimum atomic E-state index is 0.753. The van der Waals surface area contributed by atoms with Crippen LogP contribution in [0, 0.1) is 0 Å². The number of rotatable bonds is 4. The average Bonchev–Trinajstić information content (AvgIpc) is 3.41. The first-order chi connectivity index (χ1) is 12.8. The van der Waals surface area contributed by atoms with Crippen molar-refractivity contribution in [3.63, 3.8) is 0 Å². The van der Waals surface area contributed by atoms with Gasteiger partial charge in [-0.1, -0.05) is 56.0 Å². The van der Waals surface area contributed by atoms with Gasteiger partial charge in [-0.3, -0.25) is 0 Å². The summed E-state index contributed by atoms with van der Waals surface area (Å²) in [5, 5.41) is 0. The van der Waals surface area contributed by atoms with Gasteiger partial charge in [0.05, 0.1) is 6.61 Å². The topological polar surface area (TPSA) is 9.23 Å². The van der Waals surface area contributed by atoms with Crippen LogP contribution < -0.4 is 0 Å². The Morgan fingerprint density at radius 2 is 1.54 bits per heavy atom. The van der Waals surface area contributed by atoms with Gasteiger partial charge in [0.2, 0.25) is 0 Å².